The van der Waals surface area contributed by atoms with Crippen LogP contribution in [0.3, 0.4) is 0 Å². The fourth-order valence-corrected chi connectivity index (χ4v) is 1.40. The number of carbonyl (C=O) groups excluding carboxylic acids is 1. The van der Waals surface area contributed by atoms with Gasteiger partial charge in [0.15, 0.2) is 0 Å². The van der Waals surface area contributed by atoms with Gasteiger partial charge in [-0.1, -0.05) is 12.2 Å². The molecule has 2 aromatic heterocycles. The van der Waals surface area contributed by atoms with Crippen LogP contribution in [-0.4, -0.2) is 30.7 Å². The molecule has 0 radical (unpaired) electrons. The highest BCUT2D eigenvalue weighted by molar-refractivity contribution is 7.71. The highest BCUT2D eigenvalue weighted by Gasteiger charge is 2.09. The lowest BCUT2D eigenvalue weighted by Crippen LogP contribution is -2.20. The van der Waals surface area contributed by atoms with Crippen LogP contribution >= 0.6 is 12.2 Å². The van der Waals surface area contributed by atoms with Gasteiger partial charge in [0.2, 0.25) is 0 Å². The summed E-state index contributed by atoms with van der Waals surface area (Å²) in [5.41, 5.74) is 1.51. The minimum absolute atomic E-state index is 0.0222. The van der Waals surface area contributed by atoms with Crippen molar-refractivity contribution in [3.05, 3.63) is 22.2 Å². The molecule has 0 fully saturated rings. The summed E-state index contributed by atoms with van der Waals surface area (Å²) in [4.78, 5) is 19.0. The Morgan fingerprint density at radius 2 is 2.40 bits per heavy atom. The fraction of sp³-hybridized carbons (Fsp3) is 0.143. The van der Waals surface area contributed by atoms with E-state index in [1.54, 1.807) is 6.92 Å². The number of aromatic nitrogens is 4. The number of fused-ring (bicyclic) bond motifs is 1. The summed E-state index contributed by atoms with van der Waals surface area (Å²) in [6.07, 6.45) is 0. The summed E-state index contributed by atoms with van der Waals surface area (Å²) in [6.45, 7) is 1.75. The van der Waals surface area contributed by atoms with Crippen molar-refractivity contribution in [2.75, 3.05) is 0 Å². The standard InChI is InChI=1S/C7H7N5O2S/c1-3-8-7-9-4(6(13)11-14)2-5(15)12(7)10-3/h2,14H,1H3,(H,11,13)(H,8,9,10). The zero-order chi connectivity index (χ0) is 11.0. The molecule has 0 atom stereocenters. The number of nitrogens with zero attached hydrogens (tertiary/aromatic N) is 3. The first kappa shape index (κ1) is 9.74. The van der Waals surface area contributed by atoms with E-state index in [1.807, 2.05) is 0 Å². The van der Waals surface area contributed by atoms with Crippen molar-refractivity contribution in [2.45, 2.75) is 6.92 Å². The first-order chi connectivity index (χ1) is 7.11. The van der Waals surface area contributed by atoms with Crippen molar-refractivity contribution in [2.24, 2.45) is 0 Å². The Hall–Kier alpha value is -1.80. The quantitative estimate of drug-likeness (QED) is 0.366. The van der Waals surface area contributed by atoms with E-state index < -0.39 is 5.91 Å². The molecule has 0 bridgehead atoms. The summed E-state index contributed by atoms with van der Waals surface area (Å²) in [7, 11) is 0. The van der Waals surface area contributed by atoms with Gasteiger partial charge in [-0.25, -0.2) is 15.0 Å². The molecule has 3 N–H and O–H groups in total. The van der Waals surface area contributed by atoms with Crippen molar-refractivity contribution in [1.82, 2.24) is 25.1 Å². The maximum absolute atomic E-state index is 11.1. The van der Waals surface area contributed by atoms with Crippen LogP contribution in [0.15, 0.2) is 6.07 Å². The monoisotopic (exact) mass is 225 g/mol. The number of hydroxylamine groups is 1. The third-order valence-electron chi connectivity index (χ3n) is 1.78. The highest BCUT2D eigenvalue weighted by Crippen LogP contribution is 2.02. The second-order valence-corrected chi connectivity index (χ2v) is 3.28. The average Bonchev–Trinajstić information content (AvgIpc) is 2.58. The number of aryl methyl sites for hydroxylation is 1. The van der Waals surface area contributed by atoms with Crippen molar-refractivity contribution in [3.8, 4) is 0 Å². The van der Waals surface area contributed by atoms with Crippen LogP contribution in [0.2, 0.25) is 0 Å². The molecule has 2 heterocycles. The molecule has 1 amide bonds. The van der Waals surface area contributed by atoms with Crippen molar-refractivity contribution in [3.63, 3.8) is 0 Å². The first-order valence-electron chi connectivity index (χ1n) is 4.02. The van der Waals surface area contributed by atoms with Gasteiger partial charge in [0.05, 0.1) is 0 Å². The van der Waals surface area contributed by atoms with Crippen molar-refractivity contribution < 1.29 is 10.0 Å². The number of rotatable bonds is 1. The molecular weight excluding hydrogens is 218 g/mol. The molecule has 0 aliphatic rings. The molecule has 78 valence electrons. The second kappa shape index (κ2) is 3.41. The normalized spacial score (nSPS) is 10.5. The predicted octanol–water partition coefficient (Wildman–Crippen LogP) is 0.214. The van der Waals surface area contributed by atoms with Gasteiger partial charge in [-0.15, -0.1) is 0 Å². The fourth-order valence-electron chi connectivity index (χ4n) is 1.16. The molecule has 0 aromatic carbocycles. The van der Waals surface area contributed by atoms with Crippen molar-refractivity contribution >= 4 is 23.9 Å². The number of nitrogens with one attached hydrogen (secondary N) is 2. The average molecular weight is 225 g/mol. The molecule has 0 saturated heterocycles. The van der Waals surface area contributed by atoms with Gasteiger partial charge >= 0.3 is 0 Å². The molecule has 0 aliphatic carbocycles. The minimum Gasteiger partial charge on any atom is -0.288 e. The van der Waals surface area contributed by atoms with Gasteiger partial charge in [-0.3, -0.25) is 15.1 Å². The van der Waals surface area contributed by atoms with E-state index in [9.17, 15) is 4.79 Å². The maximum Gasteiger partial charge on any atom is 0.293 e. The van der Waals surface area contributed by atoms with Gasteiger partial charge < -0.3 is 0 Å². The summed E-state index contributed by atoms with van der Waals surface area (Å²) >= 11 is 5.01. The Balaban J connectivity index is 2.72. The molecular formula is C7H7N5O2S. The van der Waals surface area contributed by atoms with Gasteiger partial charge in [0.1, 0.15) is 16.2 Å². The number of H-pyrrole nitrogens is 1. The molecule has 8 heteroatoms. The van der Waals surface area contributed by atoms with Crippen LogP contribution in [0.25, 0.3) is 5.78 Å². The van der Waals surface area contributed by atoms with E-state index in [0.29, 0.717) is 16.2 Å². The van der Waals surface area contributed by atoms with Crippen LogP contribution in [0, 0.1) is 11.6 Å². The second-order valence-electron chi connectivity index (χ2n) is 2.86. The zero-order valence-electron chi connectivity index (χ0n) is 7.68. The topological polar surface area (TPSA) is 95.3 Å². The van der Waals surface area contributed by atoms with Crippen LogP contribution in [0.5, 0.6) is 0 Å². The molecule has 7 nitrogen and oxygen atoms in total. The number of carbonyl (C=O) groups is 1. The van der Waals surface area contributed by atoms with E-state index in [1.165, 1.54) is 16.1 Å². The third kappa shape index (κ3) is 1.60. The first-order valence-corrected chi connectivity index (χ1v) is 4.43. The van der Waals surface area contributed by atoms with E-state index >= 15 is 0 Å². The Kier molecular flexibility index (Phi) is 2.21. The van der Waals surface area contributed by atoms with Crippen LogP contribution in [0.4, 0.5) is 0 Å². The molecule has 0 unspecified atom stereocenters. The highest BCUT2D eigenvalue weighted by atomic mass is 32.1. The van der Waals surface area contributed by atoms with Gasteiger partial charge in [-0.05, 0) is 6.92 Å². The zero-order valence-corrected chi connectivity index (χ0v) is 8.50. The van der Waals surface area contributed by atoms with Crippen LogP contribution in [0.1, 0.15) is 16.3 Å². The predicted molar refractivity (Wildman–Crippen MR) is 52.2 cm³/mol. The molecule has 2 rings (SSSR count). The van der Waals surface area contributed by atoms with Crippen LogP contribution < -0.4 is 5.48 Å². The Labute approximate surface area is 88.7 Å². The molecule has 0 spiro atoms. The van der Waals surface area contributed by atoms with Gasteiger partial charge in [-0.2, -0.15) is 4.98 Å². The molecule has 0 saturated carbocycles. The summed E-state index contributed by atoms with van der Waals surface area (Å²) in [5, 5.41) is 11.3. The lowest BCUT2D eigenvalue weighted by atomic mass is 10.4. The van der Waals surface area contributed by atoms with E-state index in [-0.39, 0.29) is 5.69 Å². The summed E-state index contributed by atoms with van der Waals surface area (Å²) in [6, 6.07) is 1.37. The van der Waals surface area contributed by atoms with Gasteiger partial charge in [0.25, 0.3) is 11.7 Å². The smallest absolute Gasteiger partial charge is 0.288 e. The maximum atomic E-state index is 11.1. The summed E-state index contributed by atoms with van der Waals surface area (Å²) in [5.74, 6) is 0.206. The number of aromatic amines is 1. The lowest BCUT2D eigenvalue weighted by molar-refractivity contribution is 0.0701. The Morgan fingerprint density at radius 1 is 1.67 bits per heavy atom. The Morgan fingerprint density at radius 3 is 3.07 bits per heavy atom. The minimum atomic E-state index is -0.718. The van der Waals surface area contributed by atoms with Crippen molar-refractivity contribution in [1.29, 1.82) is 0 Å². The van der Waals surface area contributed by atoms with E-state index in [0.717, 1.165) is 0 Å². The Bertz CT molecular complexity index is 587. The van der Waals surface area contributed by atoms with Gasteiger partial charge in [0, 0.05) is 6.07 Å². The molecule has 0 aliphatic heterocycles. The largest absolute Gasteiger partial charge is 0.293 e. The third-order valence-corrected chi connectivity index (χ3v) is 2.08. The number of amides is 1. The number of hydrogen-bond acceptors (Lipinski definition) is 5. The summed E-state index contributed by atoms with van der Waals surface area (Å²) < 4.78 is 1.83. The SMILES string of the molecule is Cc1nc2nc(C(=O)NO)cc(=S)n2[nH]1. The number of hydrogen-bond donors (Lipinski definition) is 3. The van der Waals surface area contributed by atoms with E-state index in [4.69, 9.17) is 17.4 Å². The van der Waals surface area contributed by atoms with Crippen LogP contribution in [-0.2, 0) is 0 Å². The molecule has 2 aromatic rings. The lowest BCUT2D eigenvalue weighted by Gasteiger charge is -1.97. The molecule has 15 heavy (non-hydrogen) atoms. The van der Waals surface area contributed by atoms with E-state index in [2.05, 4.69) is 15.1 Å².